The summed E-state index contributed by atoms with van der Waals surface area (Å²) >= 11 is 0. The fraction of sp³-hybridized carbons (Fsp3) is 0.667. The Balaban J connectivity index is 1.60. The summed E-state index contributed by atoms with van der Waals surface area (Å²) in [5.41, 5.74) is 8.48. The summed E-state index contributed by atoms with van der Waals surface area (Å²) < 4.78 is 0. The first-order valence-corrected chi connectivity index (χ1v) is 6.98. The molecule has 1 amide bonds. The monoisotopic (exact) mass is 240 g/mol. The molecule has 1 saturated heterocycles. The van der Waals surface area contributed by atoms with Gasteiger partial charge in [-0.1, -0.05) is 18.7 Å². The summed E-state index contributed by atoms with van der Waals surface area (Å²) in [5.74, 6) is 2.49. The van der Waals surface area contributed by atoms with Gasteiger partial charge in [-0.3, -0.25) is 4.79 Å². The Hall–Kier alpha value is -1.09. The third kappa shape index (κ3) is 0.430. The van der Waals surface area contributed by atoms with Crippen molar-refractivity contribution >= 4 is 5.91 Å². The molecule has 5 fully saturated rings. The number of carbonyl (C=O) groups excluding carboxylic acids is 1. The zero-order valence-electron chi connectivity index (χ0n) is 10.4. The van der Waals surface area contributed by atoms with Crippen molar-refractivity contribution in [1.29, 1.82) is 0 Å². The van der Waals surface area contributed by atoms with Crippen LogP contribution in [0.25, 0.3) is 0 Å². The van der Waals surface area contributed by atoms with Crippen molar-refractivity contribution < 1.29 is 4.79 Å². The van der Waals surface area contributed by atoms with Gasteiger partial charge in [0, 0.05) is 35.0 Å². The summed E-state index contributed by atoms with van der Waals surface area (Å²) in [5, 5.41) is 0. The lowest BCUT2D eigenvalue weighted by molar-refractivity contribution is -0.131. The van der Waals surface area contributed by atoms with Gasteiger partial charge in [0.05, 0.1) is 5.92 Å². The molecule has 5 aliphatic carbocycles. The molecule has 2 N–H and O–H groups in total. The Morgan fingerprint density at radius 3 is 2.89 bits per heavy atom. The highest BCUT2D eigenvalue weighted by molar-refractivity contribution is 5.88. The Morgan fingerprint density at radius 2 is 2.28 bits per heavy atom. The van der Waals surface area contributed by atoms with Gasteiger partial charge in [-0.2, -0.15) is 0 Å². The molecule has 0 aromatic carbocycles. The highest BCUT2D eigenvalue weighted by Gasteiger charge is 3.08. The second-order valence-electron chi connectivity index (χ2n) is 7.40. The lowest BCUT2D eigenvalue weighted by Crippen LogP contribution is -2.67. The van der Waals surface area contributed by atoms with Gasteiger partial charge >= 0.3 is 0 Å². The number of likely N-dealkylation sites (tertiary alicyclic amines) is 1. The zero-order valence-corrected chi connectivity index (χ0v) is 10.4. The van der Waals surface area contributed by atoms with Crippen LogP contribution in [-0.2, 0) is 4.79 Å². The topological polar surface area (TPSA) is 46.3 Å². The summed E-state index contributed by atoms with van der Waals surface area (Å²) in [6.45, 7) is 4.18. The molecule has 8 atom stereocenters. The average Bonchev–Trinajstić information content (AvgIpc) is 3.14. The molecule has 6 aliphatic rings. The lowest BCUT2D eigenvalue weighted by Gasteiger charge is -2.61. The Bertz CT molecular complexity index is 624. The minimum absolute atomic E-state index is 0.0732. The van der Waals surface area contributed by atoms with Crippen LogP contribution in [0.15, 0.2) is 24.4 Å². The van der Waals surface area contributed by atoms with E-state index in [4.69, 9.17) is 5.73 Å². The van der Waals surface area contributed by atoms with Gasteiger partial charge in [0.1, 0.15) is 0 Å². The number of fused-ring (bicyclic) bond motifs is 5. The van der Waals surface area contributed by atoms with E-state index in [-0.39, 0.29) is 17.4 Å². The van der Waals surface area contributed by atoms with E-state index in [9.17, 15) is 4.79 Å². The third-order valence-electron chi connectivity index (χ3n) is 7.72. The van der Waals surface area contributed by atoms with Crippen molar-refractivity contribution in [3.05, 3.63) is 24.4 Å². The summed E-state index contributed by atoms with van der Waals surface area (Å²) in [7, 11) is 1.87. The Kier molecular flexibility index (Phi) is 0.909. The van der Waals surface area contributed by atoms with Gasteiger partial charge in [0.15, 0.2) is 0 Å². The molecule has 18 heavy (non-hydrogen) atoms. The molecule has 0 bridgehead atoms. The SMILES string of the molecule is C=C1C2C(C(=O)N1C)C1C=CC13C2C1(N)C2CC213. The molecule has 0 radical (unpaired) electrons. The van der Waals surface area contributed by atoms with Crippen LogP contribution in [-0.4, -0.2) is 23.4 Å². The highest BCUT2D eigenvalue weighted by atomic mass is 16.2. The minimum Gasteiger partial charge on any atom is -0.324 e. The van der Waals surface area contributed by atoms with Crippen molar-refractivity contribution in [2.45, 2.75) is 12.0 Å². The van der Waals surface area contributed by atoms with Crippen LogP contribution in [0.5, 0.6) is 0 Å². The van der Waals surface area contributed by atoms with Crippen molar-refractivity contribution in [3.63, 3.8) is 0 Å². The Labute approximate surface area is 106 Å². The molecular weight excluding hydrogens is 224 g/mol. The van der Waals surface area contributed by atoms with Gasteiger partial charge < -0.3 is 10.6 Å². The van der Waals surface area contributed by atoms with Crippen LogP contribution in [0.2, 0.25) is 0 Å². The van der Waals surface area contributed by atoms with E-state index in [2.05, 4.69) is 18.7 Å². The maximum atomic E-state index is 12.4. The number of amides is 1. The summed E-state index contributed by atoms with van der Waals surface area (Å²) in [6, 6.07) is 0. The van der Waals surface area contributed by atoms with Crippen LogP contribution in [0.3, 0.4) is 0 Å². The first-order valence-electron chi connectivity index (χ1n) is 6.98. The van der Waals surface area contributed by atoms with E-state index >= 15 is 0 Å². The lowest BCUT2D eigenvalue weighted by atomic mass is 9.43. The maximum Gasteiger partial charge on any atom is 0.230 e. The second kappa shape index (κ2) is 1.83. The quantitative estimate of drug-likeness (QED) is 0.635. The number of hydrogen-bond acceptors (Lipinski definition) is 2. The fourth-order valence-electron chi connectivity index (χ4n) is 7.00. The number of nitrogens with two attached hydrogens (primary N) is 1. The normalized spacial score (nSPS) is 71.7. The van der Waals surface area contributed by atoms with Gasteiger partial charge in [0.25, 0.3) is 0 Å². The summed E-state index contributed by atoms with van der Waals surface area (Å²) in [6.07, 6.45) is 6.00. The third-order valence-corrected chi connectivity index (χ3v) is 7.72. The molecule has 0 aromatic rings. The molecule has 0 aromatic heterocycles. The van der Waals surface area contributed by atoms with Gasteiger partial charge in [0.2, 0.25) is 5.91 Å². The first kappa shape index (κ1) is 8.92. The molecule has 6 rings (SSSR count). The van der Waals surface area contributed by atoms with E-state index in [0.717, 1.165) is 11.6 Å². The van der Waals surface area contributed by atoms with E-state index in [1.54, 1.807) is 4.90 Å². The first-order chi connectivity index (χ1) is 8.53. The molecule has 1 heterocycles. The van der Waals surface area contributed by atoms with E-state index in [1.807, 2.05) is 7.05 Å². The smallest absolute Gasteiger partial charge is 0.230 e. The van der Waals surface area contributed by atoms with Crippen LogP contribution in [0.1, 0.15) is 6.42 Å². The van der Waals surface area contributed by atoms with Crippen LogP contribution >= 0.6 is 0 Å². The number of allylic oxidation sites excluding steroid dienone is 3. The van der Waals surface area contributed by atoms with Gasteiger partial charge in [-0.15, -0.1) is 0 Å². The molecule has 8 unspecified atom stereocenters. The second-order valence-corrected chi connectivity index (χ2v) is 7.40. The highest BCUT2D eigenvalue weighted by Crippen LogP contribution is 3.05. The summed E-state index contributed by atoms with van der Waals surface area (Å²) in [4.78, 5) is 14.2. The van der Waals surface area contributed by atoms with Gasteiger partial charge in [-0.05, 0) is 24.2 Å². The molecule has 92 valence electrons. The van der Waals surface area contributed by atoms with Crippen LogP contribution < -0.4 is 5.73 Å². The molecule has 2 spiro atoms. The van der Waals surface area contributed by atoms with E-state index in [0.29, 0.717) is 28.6 Å². The van der Waals surface area contributed by atoms with Gasteiger partial charge in [-0.25, -0.2) is 0 Å². The van der Waals surface area contributed by atoms with Crippen LogP contribution in [0.4, 0.5) is 0 Å². The van der Waals surface area contributed by atoms with E-state index in [1.165, 1.54) is 6.42 Å². The number of hydrogen-bond donors (Lipinski definition) is 1. The number of rotatable bonds is 0. The molecular formula is C15H16N2O. The molecule has 1 aliphatic heterocycles. The van der Waals surface area contributed by atoms with Crippen molar-refractivity contribution in [3.8, 4) is 0 Å². The molecule has 3 nitrogen and oxygen atoms in total. The Morgan fingerprint density at radius 1 is 1.50 bits per heavy atom. The minimum atomic E-state index is 0.0732. The standard InChI is InChI=1S/C15H16N2O/c1-6-9-10(12(18)17(6)2)7-3-4-13(7)11(9)15(16)8-5-14(8,13)15/h3-4,7-11H,1,5,16H2,2H3. The predicted molar refractivity (Wildman–Crippen MR) is 64.9 cm³/mol. The fourth-order valence-corrected chi connectivity index (χ4v) is 7.00. The van der Waals surface area contributed by atoms with Crippen molar-refractivity contribution in [2.75, 3.05) is 7.05 Å². The van der Waals surface area contributed by atoms with E-state index < -0.39 is 0 Å². The zero-order chi connectivity index (χ0) is 12.2. The molecule has 3 heteroatoms. The average molecular weight is 240 g/mol. The number of nitrogens with zero attached hydrogens (tertiary/aromatic N) is 1. The molecule has 4 saturated carbocycles. The van der Waals surface area contributed by atoms with Crippen molar-refractivity contribution in [2.24, 2.45) is 46.2 Å². The van der Waals surface area contributed by atoms with Crippen molar-refractivity contribution in [1.82, 2.24) is 4.90 Å². The largest absolute Gasteiger partial charge is 0.324 e. The van der Waals surface area contributed by atoms with Crippen LogP contribution in [0, 0.1) is 40.4 Å². The predicted octanol–water partition coefficient (Wildman–Crippen LogP) is 0.738. The maximum absolute atomic E-state index is 12.4. The number of carbonyl (C=O) groups is 1.